The van der Waals surface area contributed by atoms with Crippen LogP contribution in [0.5, 0.6) is 0 Å². The number of rotatable bonds is 1. The van der Waals surface area contributed by atoms with Crippen molar-refractivity contribution in [2.24, 2.45) is 7.05 Å². The first-order valence-corrected chi connectivity index (χ1v) is 4.49. The third-order valence-electron chi connectivity index (χ3n) is 3.08. The Bertz CT molecular complexity index is 320. The van der Waals surface area contributed by atoms with Crippen molar-refractivity contribution >= 4 is 0 Å². The smallest absolute Gasteiger partial charge is 0.136 e. The van der Waals surface area contributed by atoms with Gasteiger partial charge in [0.25, 0.3) is 0 Å². The van der Waals surface area contributed by atoms with Gasteiger partial charge in [-0.3, -0.25) is 4.68 Å². The van der Waals surface area contributed by atoms with Crippen LogP contribution in [0, 0.1) is 0 Å². The van der Waals surface area contributed by atoms with Gasteiger partial charge >= 0.3 is 0 Å². The zero-order chi connectivity index (χ0) is 8.18. The van der Waals surface area contributed by atoms with Crippen LogP contribution in [0.2, 0.25) is 0 Å². The minimum absolute atomic E-state index is 0.0747. The van der Waals surface area contributed by atoms with Crippen molar-refractivity contribution in [3.05, 3.63) is 18.0 Å². The maximum absolute atomic E-state index is 5.70. The molecule has 0 unspecified atom stereocenters. The topological polar surface area (TPSA) is 30.4 Å². The minimum Gasteiger partial charge on any atom is -0.359 e. The Morgan fingerprint density at radius 3 is 3.17 bits per heavy atom. The van der Waals surface area contributed by atoms with Crippen LogP contribution in [0.25, 0.3) is 0 Å². The average molecular weight is 164 g/mol. The highest BCUT2D eigenvalue weighted by molar-refractivity contribution is 5.24. The molecule has 1 aromatic heterocycles. The van der Waals surface area contributed by atoms with E-state index in [1.807, 2.05) is 17.9 Å². The molecule has 3 rings (SSSR count). The molecule has 0 amide bonds. The lowest BCUT2D eigenvalue weighted by Gasteiger charge is -2.07. The molecule has 1 saturated carbocycles. The highest BCUT2D eigenvalue weighted by atomic mass is 16.6. The molecule has 1 aromatic rings. The third-order valence-corrected chi connectivity index (χ3v) is 3.08. The van der Waals surface area contributed by atoms with Crippen molar-refractivity contribution in [2.45, 2.75) is 31.0 Å². The zero-order valence-corrected chi connectivity index (χ0v) is 7.16. The number of epoxide rings is 1. The maximum atomic E-state index is 5.70. The van der Waals surface area contributed by atoms with E-state index in [0.717, 1.165) is 0 Å². The fourth-order valence-corrected chi connectivity index (χ4v) is 2.42. The lowest BCUT2D eigenvalue weighted by atomic mass is 10.0. The molecule has 1 saturated heterocycles. The Labute approximate surface area is 71.3 Å². The standard InChI is InChI=1S/C9H12N2O/c1-11-7(4-6-10-11)9-5-2-3-8(9)12-9/h4,6,8H,2-3,5H2,1H3/t8-,9+/m0/s1. The molecule has 3 nitrogen and oxygen atoms in total. The van der Waals surface area contributed by atoms with Gasteiger partial charge in [0.05, 0.1) is 11.8 Å². The van der Waals surface area contributed by atoms with Crippen LogP contribution in [0.15, 0.2) is 12.3 Å². The average Bonchev–Trinajstić information content (AvgIpc) is 2.49. The molecular weight excluding hydrogens is 152 g/mol. The molecule has 64 valence electrons. The molecule has 0 aromatic carbocycles. The normalized spacial score (nSPS) is 38.2. The van der Waals surface area contributed by atoms with Crippen LogP contribution in [0.3, 0.4) is 0 Å². The summed E-state index contributed by atoms with van der Waals surface area (Å²) < 4.78 is 7.64. The molecule has 0 radical (unpaired) electrons. The molecule has 3 heteroatoms. The van der Waals surface area contributed by atoms with Gasteiger partial charge in [0.1, 0.15) is 5.60 Å². The van der Waals surface area contributed by atoms with Gasteiger partial charge in [-0.25, -0.2) is 0 Å². The van der Waals surface area contributed by atoms with Gasteiger partial charge in [-0.2, -0.15) is 5.10 Å². The largest absolute Gasteiger partial charge is 0.359 e. The Morgan fingerprint density at radius 2 is 2.67 bits per heavy atom. The molecule has 0 spiro atoms. The minimum atomic E-state index is 0.0747. The summed E-state index contributed by atoms with van der Waals surface area (Å²) in [6, 6.07) is 2.07. The molecule has 1 aliphatic carbocycles. The second-order valence-corrected chi connectivity index (χ2v) is 3.73. The number of hydrogen-bond acceptors (Lipinski definition) is 2. The molecular formula is C9H12N2O. The van der Waals surface area contributed by atoms with Crippen LogP contribution < -0.4 is 0 Å². The summed E-state index contributed by atoms with van der Waals surface area (Å²) in [5.74, 6) is 0. The van der Waals surface area contributed by atoms with Crippen molar-refractivity contribution in [3.8, 4) is 0 Å². The van der Waals surface area contributed by atoms with Crippen LogP contribution >= 0.6 is 0 Å². The Hall–Kier alpha value is -0.830. The number of aryl methyl sites for hydroxylation is 1. The number of hydrogen-bond donors (Lipinski definition) is 0. The molecule has 2 atom stereocenters. The van der Waals surface area contributed by atoms with Crippen molar-refractivity contribution in [1.29, 1.82) is 0 Å². The van der Waals surface area contributed by atoms with Gasteiger partial charge in [-0.1, -0.05) is 0 Å². The summed E-state index contributed by atoms with van der Waals surface area (Å²) in [6.45, 7) is 0. The number of aromatic nitrogens is 2. The van der Waals surface area contributed by atoms with E-state index < -0.39 is 0 Å². The van der Waals surface area contributed by atoms with E-state index in [1.54, 1.807) is 0 Å². The summed E-state index contributed by atoms with van der Waals surface area (Å²) in [6.07, 6.45) is 6.05. The van der Waals surface area contributed by atoms with Gasteiger partial charge in [-0.15, -0.1) is 0 Å². The molecule has 2 heterocycles. The Balaban J connectivity index is 2.04. The van der Waals surface area contributed by atoms with Crippen LogP contribution in [0.1, 0.15) is 25.0 Å². The van der Waals surface area contributed by atoms with Crippen molar-refractivity contribution in [2.75, 3.05) is 0 Å². The third kappa shape index (κ3) is 0.630. The molecule has 2 fully saturated rings. The maximum Gasteiger partial charge on any atom is 0.136 e. The van der Waals surface area contributed by atoms with Crippen LogP contribution in [-0.2, 0) is 17.4 Å². The second-order valence-electron chi connectivity index (χ2n) is 3.73. The Kier molecular flexibility index (Phi) is 1.06. The first-order chi connectivity index (χ1) is 5.83. The van der Waals surface area contributed by atoms with E-state index in [1.165, 1.54) is 25.0 Å². The SMILES string of the molecule is Cn1nccc1[C@]12CCC[C@@H]1O2. The number of fused-ring (bicyclic) bond motifs is 1. The summed E-state index contributed by atoms with van der Waals surface area (Å²) in [5.41, 5.74) is 1.33. The predicted molar refractivity (Wildman–Crippen MR) is 43.6 cm³/mol. The first kappa shape index (κ1) is 6.66. The molecule has 2 aliphatic rings. The molecule has 0 N–H and O–H groups in total. The molecule has 0 bridgehead atoms. The van der Waals surface area contributed by atoms with Gasteiger partial charge in [0.2, 0.25) is 0 Å². The van der Waals surface area contributed by atoms with Crippen LogP contribution in [0.4, 0.5) is 0 Å². The predicted octanol–water partition coefficient (Wildman–Crippen LogP) is 1.20. The van der Waals surface area contributed by atoms with Crippen LogP contribution in [-0.4, -0.2) is 15.9 Å². The van der Waals surface area contributed by atoms with Crippen molar-refractivity contribution < 1.29 is 4.74 Å². The monoisotopic (exact) mass is 164 g/mol. The van der Waals surface area contributed by atoms with Gasteiger partial charge in [0, 0.05) is 13.2 Å². The fraction of sp³-hybridized carbons (Fsp3) is 0.667. The first-order valence-electron chi connectivity index (χ1n) is 4.49. The van der Waals surface area contributed by atoms with E-state index in [2.05, 4.69) is 11.2 Å². The summed E-state index contributed by atoms with van der Waals surface area (Å²) in [4.78, 5) is 0. The van der Waals surface area contributed by atoms with E-state index in [9.17, 15) is 0 Å². The highest BCUT2D eigenvalue weighted by Crippen LogP contribution is 2.56. The second kappa shape index (κ2) is 1.91. The fourth-order valence-electron chi connectivity index (χ4n) is 2.42. The Morgan fingerprint density at radius 1 is 1.75 bits per heavy atom. The number of nitrogens with zero attached hydrogens (tertiary/aromatic N) is 2. The van der Waals surface area contributed by atoms with E-state index >= 15 is 0 Å². The molecule has 12 heavy (non-hydrogen) atoms. The van der Waals surface area contributed by atoms with Crippen molar-refractivity contribution in [3.63, 3.8) is 0 Å². The van der Waals surface area contributed by atoms with Gasteiger partial charge in [-0.05, 0) is 25.3 Å². The highest BCUT2D eigenvalue weighted by Gasteiger charge is 2.61. The van der Waals surface area contributed by atoms with E-state index in [-0.39, 0.29) is 5.60 Å². The number of ether oxygens (including phenoxy) is 1. The lowest BCUT2D eigenvalue weighted by molar-refractivity contribution is 0.245. The lowest BCUT2D eigenvalue weighted by Crippen LogP contribution is -2.12. The van der Waals surface area contributed by atoms with E-state index in [4.69, 9.17) is 4.74 Å². The van der Waals surface area contributed by atoms with E-state index in [0.29, 0.717) is 6.10 Å². The summed E-state index contributed by atoms with van der Waals surface area (Å²) in [5, 5.41) is 4.17. The van der Waals surface area contributed by atoms with Gasteiger partial charge < -0.3 is 4.74 Å². The zero-order valence-electron chi connectivity index (χ0n) is 7.16. The van der Waals surface area contributed by atoms with Crippen molar-refractivity contribution in [1.82, 2.24) is 9.78 Å². The van der Waals surface area contributed by atoms with Gasteiger partial charge in [0.15, 0.2) is 0 Å². The summed E-state index contributed by atoms with van der Waals surface area (Å²) in [7, 11) is 1.99. The molecule has 1 aliphatic heterocycles. The summed E-state index contributed by atoms with van der Waals surface area (Å²) >= 11 is 0. The quantitative estimate of drug-likeness (QED) is 0.584.